The van der Waals surface area contributed by atoms with Crippen LogP contribution in [0.3, 0.4) is 0 Å². The van der Waals surface area contributed by atoms with Crippen molar-refractivity contribution in [3.8, 4) is 10.7 Å². The van der Waals surface area contributed by atoms with E-state index >= 15 is 0 Å². The summed E-state index contributed by atoms with van der Waals surface area (Å²) in [5.41, 5.74) is 3.60. The molecule has 0 amide bonds. The van der Waals surface area contributed by atoms with E-state index in [0.29, 0.717) is 5.92 Å². The number of nitrogens with zero attached hydrogens (tertiary/aromatic N) is 2. The first-order valence-corrected chi connectivity index (χ1v) is 8.27. The highest BCUT2D eigenvalue weighted by molar-refractivity contribution is 7.15. The number of hydrogen-bond donors (Lipinski definition) is 1. The maximum atomic E-state index is 4.90. The lowest BCUT2D eigenvalue weighted by atomic mass is 10.2. The maximum absolute atomic E-state index is 4.90. The van der Waals surface area contributed by atoms with Gasteiger partial charge in [0.05, 0.1) is 11.4 Å². The predicted octanol–water partition coefficient (Wildman–Crippen LogP) is 3.64. The van der Waals surface area contributed by atoms with Crippen LogP contribution in [0.5, 0.6) is 0 Å². The van der Waals surface area contributed by atoms with E-state index in [1.807, 2.05) is 23.6 Å². The predicted molar refractivity (Wildman–Crippen MR) is 81.9 cm³/mol. The highest BCUT2D eigenvalue weighted by Gasteiger charge is 2.30. The van der Waals surface area contributed by atoms with Gasteiger partial charge in [0, 0.05) is 29.6 Å². The summed E-state index contributed by atoms with van der Waals surface area (Å²) in [6.45, 7) is 3.09. The second-order valence-corrected chi connectivity index (χ2v) is 7.06. The molecule has 0 aromatic carbocycles. The molecule has 2 aliphatic rings. The van der Waals surface area contributed by atoms with E-state index in [0.717, 1.165) is 23.3 Å². The number of aryl methyl sites for hydroxylation is 1. The van der Waals surface area contributed by atoms with E-state index in [-0.39, 0.29) is 0 Å². The van der Waals surface area contributed by atoms with Gasteiger partial charge >= 0.3 is 0 Å². The van der Waals surface area contributed by atoms with Crippen LogP contribution in [0.25, 0.3) is 10.7 Å². The summed E-state index contributed by atoms with van der Waals surface area (Å²) in [6.07, 6.45) is 7.17. The van der Waals surface area contributed by atoms with E-state index in [2.05, 4.69) is 23.3 Å². The van der Waals surface area contributed by atoms with Crippen LogP contribution in [-0.4, -0.2) is 16.0 Å². The molecule has 0 aliphatic heterocycles. The van der Waals surface area contributed by atoms with Crippen molar-refractivity contribution in [1.29, 1.82) is 0 Å². The van der Waals surface area contributed by atoms with Crippen molar-refractivity contribution >= 4 is 11.3 Å². The van der Waals surface area contributed by atoms with E-state index in [9.17, 15) is 0 Å². The van der Waals surface area contributed by atoms with Crippen LogP contribution < -0.4 is 5.32 Å². The zero-order valence-corrected chi connectivity index (χ0v) is 12.5. The largest absolute Gasteiger partial charge is 0.309 e. The van der Waals surface area contributed by atoms with Crippen LogP contribution in [0.15, 0.2) is 18.3 Å². The fourth-order valence-corrected chi connectivity index (χ4v) is 3.52. The molecule has 2 aliphatic carbocycles. The second kappa shape index (κ2) is 4.93. The van der Waals surface area contributed by atoms with Crippen molar-refractivity contribution in [3.63, 3.8) is 0 Å². The maximum Gasteiger partial charge on any atom is 0.142 e. The highest BCUT2D eigenvalue weighted by atomic mass is 32.1. The molecular formula is C16H19N3S. The third-order valence-electron chi connectivity index (χ3n) is 3.95. The molecule has 20 heavy (non-hydrogen) atoms. The average Bonchev–Trinajstić information content (AvgIpc) is 3.36. The zero-order valence-electron chi connectivity index (χ0n) is 11.7. The van der Waals surface area contributed by atoms with Gasteiger partial charge in [0.2, 0.25) is 0 Å². The van der Waals surface area contributed by atoms with Gasteiger partial charge in [-0.2, -0.15) is 0 Å². The van der Waals surface area contributed by atoms with E-state index in [1.165, 1.54) is 41.8 Å². The van der Waals surface area contributed by atoms with Gasteiger partial charge in [-0.05, 0) is 50.3 Å². The number of hydrogen-bond acceptors (Lipinski definition) is 4. The van der Waals surface area contributed by atoms with Crippen molar-refractivity contribution in [2.45, 2.75) is 51.1 Å². The minimum absolute atomic E-state index is 0.709. The van der Waals surface area contributed by atoms with Crippen molar-refractivity contribution < 1.29 is 0 Å². The molecule has 104 valence electrons. The Balaban J connectivity index is 1.63. The Morgan fingerprint density at radius 3 is 2.85 bits per heavy atom. The fourth-order valence-electron chi connectivity index (χ4n) is 2.45. The summed E-state index contributed by atoms with van der Waals surface area (Å²) in [6, 6.07) is 4.92. The molecule has 0 spiro atoms. The molecule has 2 fully saturated rings. The fraction of sp³-hybridized carbons (Fsp3) is 0.500. The van der Waals surface area contributed by atoms with Gasteiger partial charge in [-0.3, -0.25) is 4.98 Å². The van der Waals surface area contributed by atoms with Gasteiger partial charge in [0.25, 0.3) is 0 Å². The van der Waals surface area contributed by atoms with Crippen molar-refractivity contribution in [1.82, 2.24) is 15.3 Å². The smallest absolute Gasteiger partial charge is 0.142 e. The van der Waals surface area contributed by atoms with Crippen molar-refractivity contribution in [2.24, 2.45) is 0 Å². The van der Waals surface area contributed by atoms with Gasteiger partial charge in [-0.25, -0.2) is 4.98 Å². The zero-order chi connectivity index (χ0) is 13.5. The summed E-state index contributed by atoms with van der Waals surface area (Å²) < 4.78 is 0. The van der Waals surface area contributed by atoms with Crippen LogP contribution in [0.2, 0.25) is 0 Å². The lowest BCUT2D eigenvalue weighted by Crippen LogP contribution is -2.15. The second-order valence-electron chi connectivity index (χ2n) is 5.98. The Bertz CT molecular complexity index is 626. The summed E-state index contributed by atoms with van der Waals surface area (Å²) >= 11 is 1.82. The molecule has 2 aromatic rings. The average molecular weight is 285 g/mol. The van der Waals surface area contributed by atoms with Crippen LogP contribution in [0.1, 0.15) is 47.7 Å². The number of nitrogens with one attached hydrogen (secondary N) is 1. The Labute approximate surface area is 123 Å². The van der Waals surface area contributed by atoms with Gasteiger partial charge in [-0.1, -0.05) is 0 Å². The van der Waals surface area contributed by atoms with Gasteiger partial charge < -0.3 is 5.32 Å². The van der Waals surface area contributed by atoms with Gasteiger partial charge in [0.1, 0.15) is 5.01 Å². The standard InChI is InChI=1S/C16H19N3S/c1-10-6-7-17-13(8-10)16-19-15(11-2-3-11)14(20-16)9-18-12-4-5-12/h6-8,11-12,18H,2-5,9H2,1H3. The Morgan fingerprint density at radius 2 is 2.15 bits per heavy atom. The molecule has 2 saturated carbocycles. The molecule has 2 aromatic heterocycles. The molecular weight excluding hydrogens is 266 g/mol. The SMILES string of the molecule is Cc1ccnc(-c2nc(C3CC3)c(CNC3CC3)s2)c1. The molecule has 1 N–H and O–H groups in total. The molecule has 4 rings (SSSR count). The summed E-state index contributed by atoms with van der Waals surface area (Å²) in [4.78, 5) is 10.8. The first-order valence-electron chi connectivity index (χ1n) is 7.45. The first-order chi connectivity index (χ1) is 9.79. The third-order valence-corrected chi connectivity index (χ3v) is 5.05. The highest BCUT2D eigenvalue weighted by Crippen LogP contribution is 2.44. The Hall–Kier alpha value is -1.26. The summed E-state index contributed by atoms with van der Waals surface area (Å²) in [7, 11) is 0. The molecule has 3 nitrogen and oxygen atoms in total. The lowest BCUT2D eigenvalue weighted by Gasteiger charge is -2.01. The minimum Gasteiger partial charge on any atom is -0.309 e. The number of pyridine rings is 1. The van der Waals surface area contributed by atoms with Crippen molar-refractivity contribution in [3.05, 3.63) is 34.5 Å². The quantitative estimate of drug-likeness (QED) is 0.911. The molecule has 0 bridgehead atoms. The molecule has 4 heteroatoms. The van der Waals surface area contributed by atoms with Gasteiger partial charge in [-0.15, -0.1) is 11.3 Å². The number of thiazole rings is 1. The summed E-state index contributed by atoms with van der Waals surface area (Å²) in [5, 5.41) is 4.71. The van der Waals surface area contributed by atoms with Crippen LogP contribution in [0, 0.1) is 6.92 Å². The normalized spacial score (nSPS) is 18.4. The third kappa shape index (κ3) is 2.63. The van der Waals surface area contributed by atoms with Crippen LogP contribution in [-0.2, 0) is 6.54 Å². The number of rotatable bonds is 5. The van der Waals surface area contributed by atoms with Crippen molar-refractivity contribution in [2.75, 3.05) is 0 Å². The Kier molecular flexibility index (Phi) is 3.08. The summed E-state index contributed by atoms with van der Waals surface area (Å²) in [5.74, 6) is 0.709. The minimum atomic E-state index is 0.709. The molecule has 2 heterocycles. The van der Waals surface area contributed by atoms with E-state index < -0.39 is 0 Å². The van der Waals surface area contributed by atoms with E-state index in [4.69, 9.17) is 4.98 Å². The van der Waals surface area contributed by atoms with Gasteiger partial charge in [0.15, 0.2) is 0 Å². The molecule has 0 saturated heterocycles. The molecule has 0 unspecified atom stereocenters. The number of aromatic nitrogens is 2. The van der Waals surface area contributed by atoms with E-state index in [1.54, 1.807) is 0 Å². The Morgan fingerprint density at radius 1 is 1.30 bits per heavy atom. The first kappa shape index (κ1) is 12.5. The molecule has 0 radical (unpaired) electrons. The van der Waals surface area contributed by atoms with Crippen LogP contribution in [0.4, 0.5) is 0 Å². The lowest BCUT2D eigenvalue weighted by molar-refractivity contribution is 0.688. The monoisotopic (exact) mass is 285 g/mol. The topological polar surface area (TPSA) is 37.8 Å². The van der Waals surface area contributed by atoms with Crippen LogP contribution >= 0.6 is 11.3 Å². The molecule has 0 atom stereocenters.